The van der Waals surface area contributed by atoms with Crippen molar-refractivity contribution in [2.75, 3.05) is 26.8 Å². The number of carbonyl (C=O) groups is 1. The van der Waals surface area contributed by atoms with Crippen molar-refractivity contribution in [1.29, 1.82) is 0 Å². The molecular formula is C8H15NO3. The van der Waals surface area contributed by atoms with E-state index < -0.39 is 5.60 Å². The topological polar surface area (TPSA) is 49.8 Å². The van der Waals surface area contributed by atoms with Crippen LogP contribution < -0.4 is 0 Å². The van der Waals surface area contributed by atoms with E-state index in [1.165, 1.54) is 7.11 Å². The van der Waals surface area contributed by atoms with Gasteiger partial charge >= 0.3 is 0 Å². The fourth-order valence-corrected chi connectivity index (χ4v) is 1.37. The SMILES string of the molecule is COCC(=O)N1CCC(C)(O)C1. The Morgan fingerprint density at radius 3 is 2.83 bits per heavy atom. The summed E-state index contributed by atoms with van der Waals surface area (Å²) in [6.45, 7) is 2.91. The average molecular weight is 173 g/mol. The molecule has 1 atom stereocenters. The molecule has 1 heterocycles. The second-order valence-corrected chi connectivity index (χ2v) is 3.50. The van der Waals surface area contributed by atoms with Crippen LogP contribution in [0.5, 0.6) is 0 Å². The van der Waals surface area contributed by atoms with Crippen molar-refractivity contribution < 1.29 is 14.6 Å². The van der Waals surface area contributed by atoms with E-state index >= 15 is 0 Å². The van der Waals surface area contributed by atoms with E-state index in [1.807, 2.05) is 0 Å². The number of ether oxygens (including phenoxy) is 1. The van der Waals surface area contributed by atoms with Crippen molar-refractivity contribution in [1.82, 2.24) is 4.90 Å². The zero-order chi connectivity index (χ0) is 9.19. The van der Waals surface area contributed by atoms with Gasteiger partial charge in [0.15, 0.2) is 0 Å². The van der Waals surface area contributed by atoms with Gasteiger partial charge in [-0.15, -0.1) is 0 Å². The van der Waals surface area contributed by atoms with E-state index in [-0.39, 0.29) is 12.5 Å². The van der Waals surface area contributed by atoms with Gasteiger partial charge in [0.2, 0.25) is 5.91 Å². The zero-order valence-electron chi connectivity index (χ0n) is 7.54. The van der Waals surface area contributed by atoms with E-state index in [0.717, 1.165) is 0 Å². The molecule has 0 aliphatic carbocycles. The van der Waals surface area contributed by atoms with Gasteiger partial charge in [0, 0.05) is 20.2 Å². The normalized spacial score (nSPS) is 29.4. The van der Waals surface area contributed by atoms with Crippen LogP contribution in [0.4, 0.5) is 0 Å². The molecule has 0 aromatic rings. The van der Waals surface area contributed by atoms with Crippen LogP contribution in [0.2, 0.25) is 0 Å². The minimum absolute atomic E-state index is 0.0460. The molecule has 70 valence electrons. The maximum atomic E-state index is 11.2. The molecule has 1 unspecified atom stereocenters. The van der Waals surface area contributed by atoms with Crippen LogP contribution in [0, 0.1) is 0 Å². The summed E-state index contributed by atoms with van der Waals surface area (Å²) in [5, 5.41) is 9.55. The summed E-state index contributed by atoms with van der Waals surface area (Å²) in [5.74, 6) is -0.0460. The van der Waals surface area contributed by atoms with Crippen LogP contribution in [-0.4, -0.2) is 48.3 Å². The quantitative estimate of drug-likeness (QED) is 0.619. The molecule has 1 fully saturated rings. The summed E-state index contributed by atoms with van der Waals surface area (Å²) in [5.41, 5.74) is -0.705. The molecule has 1 aliphatic heterocycles. The molecule has 0 radical (unpaired) electrons. The Kier molecular flexibility index (Phi) is 2.69. The number of rotatable bonds is 2. The maximum Gasteiger partial charge on any atom is 0.248 e. The zero-order valence-corrected chi connectivity index (χ0v) is 7.54. The van der Waals surface area contributed by atoms with E-state index in [2.05, 4.69) is 0 Å². The molecule has 0 aromatic heterocycles. The minimum atomic E-state index is -0.705. The van der Waals surface area contributed by atoms with Crippen molar-refractivity contribution in [3.8, 4) is 0 Å². The van der Waals surface area contributed by atoms with Gasteiger partial charge in [-0.3, -0.25) is 4.79 Å². The monoisotopic (exact) mass is 173 g/mol. The smallest absolute Gasteiger partial charge is 0.248 e. The van der Waals surface area contributed by atoms with Gasteiger partial charge in [0.1, 0.15) is 6.61 Å². The van der Waals surface area contributed by atoms with Crippen molar-refractivity contribution in [3.63, 3.8) is 0 Å². The highest BCUT2D eigenvalue weighted by atomic mass is 16.5. The molecule has 1 rings (SSSR count). The first kappa shape index (κ1) is 9.48. The van der Waals surface area contributed by atoms with Crippen LogP contribution >= 0.6 is 0 Å². The molecule has 0 bridgehead atoms. The summed E-state index contributed by atoms with van der Waals surface area (Å²) < 4.78 is 4.71. The van der Waals surface area contributed by atoms with E-state index in [4.69, 9.17) is 4.74 Å². The fourth-order valence-electron chi connectivity index (χ4n) is 1.37. The lowest BCUT2D eigenvalue weighted by Gasteiger charge is -2.18. The molecule has 0 saturated carbocycles. The lowest BCUT2D eigenvalue weighted by molar-refractivity contribution is -0.134. The predicted molar refractivity (Wildman–Crippen MR) is 43.7 cm³/mol. The molecule has 1 amide bonds. The van der Waals surface area contributed by atoms with E-state index in [9.17, 15) is 9.90 Å². The number of likely N-dealkylation sites (tertiary alicyclic amines) is 1. The second-order valence-electron chi connectivity index (χ2n) is 3.50. The Hall–Kier alpha value is -0.610. The third-order valence-electron chi connectivity index (χ3n) is 2.07. The fraction of sp³-hybridized carbons (Fsp3) is 0.875. The van der Waals surface area contributed by atoms with Gasteiger partial charge in [-0.05, 0) is 13.3 Å². The summed E-state index contributed by atoms with van der Waals surface area (Å²) in [6.07, 6.45) is 0.655. The molecule has 1 aliphatic rings. The Labute approximate surface area is 72.1 Å². The van der Waals surface area contributed by atoms with Crippen LogP contribution in [0.25, 0.3) is 0 Å². The highest BCUT2D eigenvalue weighted by Crippen LogP contribution is 2.19. The van der Waals surface area contributed by atoms with Crippen LogP contribution in [-0.2, 0) is 9.53 Å². The minimum Gasteiger partial charge on any atom is -0.388 e. The Bertz CT molecular complexity index is 179. The van der Waals surface area contributed by atoms with Crippen molar-refractivity contribution in [3.05, 3.63) is 0 Å². The van der Waals surface area contributed by atoms with Crippen LogP contribution in [0.1, 0.15) is 13.3 Å². The van der Waals surface area contributed by atoms with Gasteiger partial charge in [-0.1, -0.05) is 0 Å². The average Bonchev–Trinajstić information content (AvgIpc) is 2.31. The van der Waals surface area contributed by atoms with Gasteiger partial charge < -0.3 is 14.7 Å². The standard InChI is InChI=1S/C8H15NO3/c1-8(11)3-4-9(6-8)7(10)5-12-2/h11H,3-6H2,1-2H3. The number of aliphatic hydroxyl groups is 1. The van der Waals surface area contributed by atoms with Gasteiger partial charge in [-0.2, -0.15) is 0 Å². The number of hydrogen-bond acceptors (Lipinski definition) is 3. The van der Waals surface area contributed by atoms with E-state index in [1.54, 1.807) is 11.8 Å². The van der Waals surface area contributed by atoms with Crippen molar-refractivity contribution in [2.24, 2.45) is 0 Å². The number of hydrogen-bond donors (Lipinski definition) is 1. The lowest BCUT2D eigenvalue weighted by Crippen LogP contribution is -2.35. The molecule has 1 saturated heterocycles. The summed E-state index contributed by atoms with van der Waals surface area (Å²) in [7, 11) is 1.49. The third-order valence-corrected chi connectivity index (χ3v) is 2.07. The number of amides is 1. The Balaban J connectivity index is 2.41. The largest absolute Gasteiger partial charge is 0.388 e. The first-order chi connectivity index (χ1) is 5.55. The highest BCUT2D eigenvalue weighted by Gasteiger charge is 2.33. The van der Waals surface area contributed by atoms with Crippen molar-refractivity contribution in [2.45, 2.75) is 18.9 Å². The first-order valence-electron chi connectivity index (χ1n) is 4.04. The molecule has 0 aromatic carbocycles. The predicted octanol–water partition coefficient (Wildman–Crippen LogP) is -0.384. The van der Waals surface area contributed by atoms with Gasteiger partial charge in [0.25, 0.3) is 0 Å². The van der Waals surface area contributed by atoms with Gasteiger partial charge in [-0.25, -0.2) is 0 Å². The molecular weight excluding hydrogens is 158 g/mol. The van der Waals surface area contributed by atoms with Crippen molar-refractivity contribution >= 4 is 5.91 Å². The number of methoxy groups -OCH3 is 1. The summed E-state index contributed by atoms with van der Waals surface area (Å²) in [6, 6.07) is 0. The molecule has 4 heteroatoms. The molecule has 1 N–H and O–H groups in total. The summed E-state index contributed by atoms with van der Waals surface area (Å²) in [4.78, 5) is 12.9. The van der Waals surface area contributed by atoms with E-state index in [0.29, 0.717) is 19.5 Å². The highest BCUT2D eigenvalue weighted by molar-refractivity contribution is 5.77. The summed E-state index contributed by atoms with van der Waals surface area (Å²) >= 11 is 0. The number of β-amino-alcohol motifs (C(OH)–C–C–N with tert-alkyl or cyclic N) is 1. The molecule has 4 nitrogen and oxygen atoms in total. The first-order valence-corrected chi connectivity index (χ1v) is 4.04. The number of nitrogens with zero attached hydrogens (tertiary/aromatic N) is 1. The van der Waals surface area contributed by atoms with Gasteiger partial charge in [0.05, 0.1) is 5.60 Å². The number of carbonyl (C=O) groups excluding carboxylic acids is 1. The molecule has 0 spiro atoms. The Morgan fingerprint density at radius 2 is 2.42 bits per heavy atom. The third kappa shape index (κ3) is 2.19. The maximum absolute atomic E-state index is 11.2. The van der Waals surface area contributed by atoms with Crippen LogP contribution in [0.3, 0.4) is 0 Å². The Morgan fingerprint density at radius 1 is 1.75 bits per heavy atom. The lowest BCUT2D eigenvalue weighted by atomic mass is 10.1. The molecule has 12 heavy (non-hydrogen) atoms. The second kappa shape index (κ2) is 3.41. The van der Waals surface area contributed by atoms with Crippen LogP contribution in [0.15, 0.2) is 0 Å².